The summed E-state index contributed by atoms with van der Waals surface area (Å²) in [7, 11) is 1.71. The molecule has 1 aliphatic carbocycles. The molecule has 1 saturated carbocycles. The zero-order valence-electron chi connectivity index (χ0n) is 11.4. The first kappa shape index (κ1) is 12.4. The Morgan fingerprint density at radius 2 is 1.88 bits per heavy atom. The van der Waals surface area contributed by atoms with E-state index in [0.29, 0.717) is 0 Å². The first-order valence-electron chi connectivity index (χ1n) is 6.14. The van der Waals surface area contributed by atoms with E-state index in [1.165, 1.54) is 11.1 Å². The van der Waals surface area contributed by atoms with Crippen LogP contribution >= 0.6 is 0 Å². The third kappa shape index (κ3) is 1.66. The molecule has 1 N–H and O–H groups in total. The number of benzene rings is 1. The first-order valence-corrected chi connectivity index (χ1v) is 6.14. The second kappa shape index (κ2) is 3.74. The molecule has 1 aliphatic rings. The summed E-state index contributed by atoms with van der Waals surface area (Å²) in [6, 6.07) is 4.29. The predicted octanol–water partition coefficient (Wildman–Crippen LogP) is 2.97. The van der Waals surface area contributed by atoms with Crippen molar-refractivity contribution in [3.05, 3.63) is 28.8 Å². The monoisotopic (exact) mass is 234 g/mol. The Hall–Kier alpha value is -1.02. The maximum atomic E-state index is 9.79. The summed E-state index contributed by atoms with van der Waals surface area (Å²) in [5.74, 6) is 0.940. The first-order chi connectivity index (χ1) is 7.88. The molecule has 2 rings (SSSR count). The highest BCUT2D eigenvalue weighted by Gasteiger charge is 2.62. The fourth-order valence-electron chi connectivity index (χ4n) is 3.11. The minimum Gasteiger partial charge on any atom is -0.496 e. The Morgan fingerprint density at radius 3 is 2.29 bits per heavy atom. The van der Waals surface area contributed by atoms with E-state index < -0.39 is 0 Å². The number of aryl methyl sites for hydroxylation is 2. The third-order valence-corrected chi connectivity index (χ3v) is 4.32. The number of hydrogen-bond donors (Lipinski definition) is 1. The molecule has 2 heteroatoms. The van der Waals surface area contributed by atoms with Crippen LogP contribution in [0.15, 0.2) is 12.1 Å². The molecule has 1 aromatic carbocycles. The van der Waals surface area contributed by atoms with Gasteiger partial charge in [-0.25, -0.2) is 0 Å². The standard InChI is InChI=1S/C15H22O2/c1-10-6-11(2)13(17-5)12(7-10)15(9-16)8-14(15,3)4/h6-7,16H,8-9H2,1-5H3. The van der Waals surface area contributed by atoms with Gasteiger partial charge in [-0.1, -0.05) is 31.5 Å². The topological polar surface area (TPSA) is 29.5 Å². The van der Waals surface area contributed by atoms with Gasteiger partial charge in [0.25, 0.3) is 0 Å². The fourth-order valence-corrected chi connectivity index (χ4v) is 3.11. The maximum absolute atomic E-state index is 9.79. The van der Waals surface area contributed by atoms with E-state index in [0.717, 1.165) is 17.7 Å². The number of ether oxygens (including phenoxy) is 1. The van der Waals surface area contributed by atoms with Gasteiger partial charge >= 0.3 is 0 Å². The molecule has 0 spiro atoms. The molecule has 1 aromatic rings. The van der Waals surface area contributed by atoms with Gasteiger partial charge < -0.3 is 9.84 Å². The summed E-state index contributed by atoms with van der Waals surface area (Å²) in [4.78, 5) is 0. The Balaban J connectivity index is 2.59. The highest BCUT2D eigenvalue weighted by atomic mass is 16.5. The second-order valence-electron chi connectivity index (χ2n) is 5.96. The zero-order chi connectivity index (χ0) is 12.8. The van der Waals surface area contributed by atoms with E-state index in [-0.39, 0.29) is 17.4 Å². The number of hydrogen-bond acceptors (Lipinski definition) is 2. The van der Waals surface area contributed by atoms with Crippen molar-refractivity contribution in [1.82, 2.24) is 0 Å². The molecule has 0 aromatic heterocycles. The summed E-state index contributed by atoms with van der Waals surface area (Å²) in [6.07, 6.45) is 1.02. The number of aliphatic hydroxyl groups is 1. The molecule has 94 valence electrons. The number of aliphatic hydroxyl groups excluding tert-OH is 1. The molecule has 0 bridgehead atoms. The van der Waals surface area contributed by atoms with Gasteiger partial charge in [-0.05, 0) is 31.2 Å². The Morgan fingerprint density at radius 1 is 1.29 bits per heavy atom. The van der Waals surface area contributed by atoms with Crippen molar-refractivity contribution in [2.45, 2.75) is 39.5 Å². The molecule has 1 fully saturated rings. The van der Waals surface area contributed by atoms with Gasteiger partial charge in [0.15, 0.2) is 0 Å². The average Bonchev–Trinajstić information content (AvgIpc) is 2.81. The van der Waals surface area contributed by atoms with Crippen LogP contribution in [0.2, 0.25) is 0 Å². The van der Waals surface area contributed by atoms with Crippen molar-refractivity contribution in [1.29, 1.82) is 0 Å². The van der Waals surface area contributed by atoms with Crippen LogP contribution in [-0.2, 0) is 5.41 Å². The van der Waals surface area contributed by atoms with Gasteiger partial charge in [0.1, 0.15) is 5.75 Å². The summed E-state index contributed by atoms with van der Waals surface area (Å²) < 4.78 is 5.54. The average molecular weight is 234 g/mol. The Bertz CT molecular complexity index is 448. The van der Waals surface area contributed by atoms with E-state index in [2.05, 4.69) is 39.8 Å². The summed E-state index contributed by atoms with van der Waals surface area (Å²) >= 11 is 0. The summed E-state index contributed by atoms with van der Waals surface area (Å²) in [5.41, 5.74) is 3.60. The van der Waals surface area contributed by atoms with Crippen LogP contribution in [0, 0.1) is 19.3 Å². The third-order valence-electron chi connectivity index (χ3n) is 4.32. The van der Waals surface area contributed by atoms with Crippen LogP contribution < -0.4 is 4.74 Å². The van der Waals surface area contributed by atoms with Crippen LogP contribution in [0.5, 0.6) is 5.75 Å². The Kier molecular flexibility index (Phi) is 2.74. The van der Waals surface area contributed by atoms with Crippen molar-refractivity contribution in [2.24, 2.45) is 5.41 Å². The molecule has 2 nitrogen and oxygen atoms in total. The smallest absolute Gasteiger partial charge is 0.125 e. The molecule has 0 aliphatic heterocycles. The SMILES string of the molecule is COc1c(C)cc(C)cc1C1(CO)CC1(C)C. The van der Waals surface area contributed by atoms with Crippen LogP contribution in [0.4, 0.5) is 0 Å². The minimum atomic E-state index is -0.116. The van der Waals surface area contributed by atoms with Crippen molar-refractivity contribution in [3.63, 3.8) is 0 Å². The lowest BCUT2D eigenvalue weighted by atomic mass is 9.86. The van der Waals surface area contributed by atoms with Gasteiger partial charge in [0.05, 0.1) is 13.7 Å². The molecule has 1 unspecified atom stereocenters. The maximum Gasteiger partial charge on any atom is 0.125 e. The van der Waals surface area contributed by atoms with Gasteiger partial charge in [-0.2, -0.15) is 0 Å². The molecule has 1 atom stereocenters. The van der Waals surface area contributed by atoms with E-state index in [1.807, 2.05) is 0 Å². The quantitative estimate of drug-likeness (QED) is 0.871. The number of rotatable bonds is 3. The lowest BCUT2D eigenvalue weighted by Crippen LogP contribution is -2.20. The molecule has 17 heavy (non-hydrogen) atoms. The van der Waals surface area contributed by atoms with Gasteiger partial charge in [0, 0.05) is 11.0 Å². The lowest BCUT2D eigenvalue weighted by molar-refractivity contribution is 0.227. The van der Waals surface area contributed by atoms with Crippen LogP contribution in [-0.4, -0.2) is 18.8 Å². The van der Waals surface area contributed by atoms with Gasteiger partial charge in [0.2, 0.25) is 0 Å². The zero-order valence-corrected chi connectivity index (χ0v) is 11.4. The molecule has 0 radical (unpaired) electrons. The van der Waals surface area contributed by atoms with E-state index in [1.54, 1.807) is 7.11 Å². The van der Waals surface area contributed by atoms with Gasteiger partial charge in [-0.15, -0.1) is 0 Å². The van der Waals surface area contributed by atoms with E-state index >= 15 is 0 Å². The van der Waals surface area contributed by atoms with Crippen molar-refractivity contribution < 1.29 is 9.84 Å². The minimum absolute atomic E-state index is 0.116. The normalized spacial score (nSPS) is 25.8. The van der Waals surface area contributed by atoms with Crippen LogP contribution in [0.1, 0.15) is 37.0 Å². The van der Waals surface area contributed by atoms with E-state index in [9.17, 15) is 5.11 Å². The van der Waals surface area contributed by atoms with Crippen LogP contribution in [0.25, 0.3) is 0 Å². The fraction of sp³-hybridized carbons (Fsp3) is 0.600. The van der Waals surface area contributed by atoms with Crippen molar-refractivity contribution in [3.8, 4) is 5.75 Å². The molecule has 0 saturated heterocycles. The largest absolute Gasteiger partial charge is 0.496 e. The highest BCUT2D eigenvalue weighted by molar-refractivity contribution is 5.52. The number of methoxy groups -OCH3 is 1. The summed E-state index contributed by atoms with van der Waals surface area (Å²) in [6.45, 7) is 8.77. The molecule has 0 amide bonds. The van der Waals surface area contributed by atoms with Crippen molar-refractivity contribution >= 4 is 0 Å². The van der Waals surface area contributed by atoms with Gasteiger partial charge in [-0.3, -0.25) is 0 Å². The predicted molar refractivity (Wildman–Crippen MR) is 69.6 cm³/mol. The van der Waals surface area contributed by atoms with Crippen LogP contribution in [0.3, 0.4) is 0 Å². The van der Waals surface area contributed by atoms with Crippen molar-refractivity contribution in [2.75, 3.05) is 13.7 Å². The molecular formula is C15H22O2. The second-order valence-corrected chi connectivity index (χ2v) is 5.96. The lowest BCUT2D eigenvalue weighted by Gasteiger charge is -2.23. The molecule has 0 heterocycles. The highest BCUT2D eigenvalue weighted by Crippen LogP contribution is 2.65. The van der Waals surface area contributed by atoms with E-state index in [4.69, 9.17) is 4.74 Å². The molecular weight excluding hydrogens is 212 g/mol. The Labute approximate surface area is 104 Å². The summed E-state index contributed by atoms with van der Waals surface area (Å²) in [5, 5.41) is 9.79.